The zero-order valence-corrected chi connectivity index (χ0v) is 9.66. The van der Waals surface area contributed by atoms with Crippen LogP contribution in [0.4, 0.5) is 0 Å². The van der Waals surface area contributed by atoms with Crippen molar-refractivity contribution in [2.45, 2.75) is 45.1 Å². The largest absolute Gasteiger partial charge is 0.466 e. The number of carbonyl (C=O) groups is 2. The molecule has 0 aromatic carbocycles. The summed E-state index contributed by atoms with van der Waals surface area (Å²) in [5.41, 5.74) is 0.400. The maximum Gasteiger partial charge on any atom is 0.333 e. The Kier molecular flexibility index (Phi) is 5.02. The first kappa shape index (κ1) is 12.7. The fraction of sp³-hybridized carbons (Fsp3) is 0.667. The van der Waals surface area contributed by atoms with E-state index in [2.05, 4.69) is 6.58 Å². The maximum absolute atomic E-state index is 11.3. The Labute approximate surface area is 95.6 Å². The monoisotopic (exact) mass is 226 g/mol. The predicted octanol–water partition coefficient (Wildman–Crippen LogP) is 1.98. The average Bonchev–Trinajstić information content (AvgIpc) is 2.31. The minimum atomic E-state index is -0.365. The van der Waals surface area contributed by atoms with E-state index in [0.29, 0.717) is 25.0 Å². The zero-order valence-electron chi connectivity index (χ0n) is 9.66. The predicted molar refractivity (Wildman–Crippen MR) is 58.7 cm³/mol. The highest BCUT2D eigenvalue weighted by molar-refractivity contribution is 5.87. The molecule has 1 saturated heterocycles. The Balaban J connectivity index is 2.43. The molecule has 0 N–H and O–H groups in total. The zero-order chi connectivity index (χ0) is 12.0. The van der Waals surface area contributed by atoms with E-state index in [1.54, 1.807) is 6.92 Å². The van der Waals surface area contributed by atoms with Crippen molar-refractivity contribution in [3.63, 3.8) is 0 Å². The van der Waals surface area contributed by atoms with Crippen LogP contribution in [0.5, 0.6) is 0 Å². The van der Waals surface area contributed by atoms with Gasteiger partial charge < -0.3 is 9.47 Å². The van der Waals surface area contributed by atoms with Gasteiger partial charge >= 0.3 is 11.9 Å². The molecule has 1 aliphatic rings. The molecule has 16 heavy (non-hydrogen) atoms. The quantitative estimate of drug-likeness (QED) is 0.533. The second-order valence-electron chi connectivity index (χ2n) is 4.06. The van der Waals surface area contributed by atoms with E-state index in [0.717, 1.165) is 19.3 Å². The highest BCUT2D eigenvalue weighted by Gasteiger charge is 2.17. The smallest absolute Gasteiger partial charge is 0.333 e. The van der Waals surface area contributed by atoms with Crippen molar-refractivity contribution in [2.75, 3.05) is 6.61 Å². The van der Waals surface area contributed by atoms with Gasteiger partial charge in [-0.25, -0.2) is 4.79 Å². The lowest BCUT2D eigenvalue weighted by atomic mass is 10.1. The van der Waals surface area contributed by atoms with Gasteiger partial charge in [0.05, 0.1) is 6.61 Å². The van der Waals surface area contributed by atoms with E-state index in [1.807, 2.05) is 0 Å². The molecule has 1 unspecified atom stereocenters. The fourth-order valence-corrected chi connectivity index (χ4v) is 1.53. The standard InChI is InChI=1S/C12H18O4/c1-9(2)12(14)16-10-5-3-4-6-11(13)15-8-7-10/h10H,1,3-8H2,2H3. The molecule has 1 heterocycles. The molecule has 1 atom stereocenters. The van der Waals surface area contributed by atoms with Crippen LogP contribution < -0.4 is 0 Å². The van der Waals surface area contributed by atoms with Crippen LogP contribution in [0.3, 0.4) is 0 Å². The number of carbonyl (C=O) groups excluding carboxylic acids is 2. The van der Waals surface area contributed by atoms with Gasteiger partial charge in [0.15, 0.2) is 0 Å². The van der Waals surface area contributed by atoms with Gasteiger partial charge in [0, 0.05) is 18.4 Å². The molecule has 0 saturated carbocycles. The van der Waals surface area contributed by atoms with Crippen LogP contribution >= 0.6 is 0 Å². The topological polar surface area (TPSA) is 52.6 Å². The first-order valence-electron chi connectivity index (χ1n) is 5.61. The summed E-state index contributed by atoms with van der Waals surface area (Å²) in [5.74, 6) is -0.526. The second kappa shape index (κ2) is 6.30. The third kappa shape index (κ3) is 4.47. The number of ether oxygens (including phenoxy) is 2. The molecule has 90 valence electrons. The van der Waals surface area contributed by atoms with Crippen LogP contribution in [0.25, 0.3) is 0 Å². The summed E-state index contributed by atoms with van der Waals surface area (Å²) >= 11 is 0. The molecule has 0 aromatic heterocycles. The molecular formula is C12H18O4. The molecule has 0 spiro atoms. The highest BCUT2D eigenvalue weighted by atomic mass is 16.6. The number of esters is 2. The fourth-order valence-electron chi connectivity index (χ4n) is 1.53. The summed E-state index contributed by atoms with van der Waals surface area (Å²) in [4.78, 5) is 22.4. The van der Waals surface area contributed by atoms with E-state index in [9.17, 15) is 9.59 Å². The summed E-state index contributed by atoms with van der Waals surface area (Å²) in [6.45, 7) is 5.48. The lowest BCUT2D eigenvalue weighted by Crippen LogP contribution is -2.20. The van der Waals surface area contributed by atoms with Crippen molar-refractivity contribution < 1.29 is 19.1 Å². The molecule has 0 aliphatic carbocycles. The van der Waals surface area contributed by atoms with E-state index in [-0.39, 0.29) is 18.0 Å². The van der Waals surface area contributed by atoms with Crippen LogP contribution in [0.2, 0.25) is 0 Å². The van der Waals surface area contributed by atoms with Crippen molar-refractivity contribution in [1.82, 2.24) is 0 Å². The first-order chi connectivity index (χ1) is 7.59. The Morgan fingerprint density at radius 2 is 2.19 bits per heavy atom. The van der Waals surface area contributed by atoms with Crippen LogP contribution in [0.15, 0.2) is 12.2 Å². The van der Waals surface area contributed by atoms with Gasteiger partial charge in [-0.05, 0) is 26.2 Å². The molecule has 0 bridgehead atoms. The van der Waals surface area contributed by atoms with Crippen LogP contribution in [0, 0.1) is 0 Å². The van der Waals surface area contributed by atoms with Gasteiger partial charge in [-0.3, -0.25) is 4.79 Å². The number of rotatable bonds is 2. The molecule has 1 rings (SSSR count). The van der Waals surface area contributed by atoms with E-state index in [1.165, 1.54) is 0 Å². The van der Waals surface area contributed by atoms with E-state index >= 15 is 0 Å². The third-order valence-corrected chi connectivity index (χ3v) is 2.48. The summed E-state index contributed by atoms with van der Waals surface area (Å²) in [7, 11) is 0. The van der Waals surface area contributed by atoms with Gasteiger partial charge in [-0.1, -0.05) is 6.58 Å². The molecule has 4 nitrogen and oxygen atoms in total. The van der Waals surface area contributed by atoms with Crippen molar-refractivity contribution in [3.8, 4) is 0 Å². The summed E-state index contributed by atoms with van der Waals surface area (Å²) in [6.07, 6.45) is 3.33. The first-order valence-corrected chi connectivity index (χ1v) is 5.61. The second-order valence-corrected chi connectivity index (χ2v) is 4.06. The molecule has 1 fully saturated rings. The summed E-state index contributed by atoms with van der Waals surface area (Å²) in [5, 5.41) is 0. The van der Waals surface area contributed by atoms with Crippen LogP contribution in [-0.4, -0.2) is 24.6 Å². The minimum absolute atomic E-state index is 0.157. The van der Waals surface area contributed by atoms with Gasteiger partial charge in [0.2, 0.25) is 0 Å². The van der Waals surface area contributed by atoms with E-state index < -0.39 is 0 Å². The van der Waals surface area contributed by atoms with Gasteiger partial charge in [0.1, 0.15) is 6.10 Å². The van der Waals surface area contributed by atoms with Crippen molar-refractivity contribution in [2.24, 2.45) is 0 Å². The van der Waals surface area contributed by atoms with Crippen LogP contribution in [-0.2, 0) is 19.1 Å². The van der Waals surface area contributed by atoms with Gasteiger partial charge in [-0.15, -0.1) is 0 Å². The Morgan fingerprint density at radius 3 is 2.88 bits per heavy atom. The molecule has 0 amide bonds. The lowest BCUT2D eigenvalue weighted by molar-refractivity contribution is -0.147. The van der Waals surface area contributed by atoms with Crippen LogP contribution in [0.1, 0.15) is 39.0 Å². The molecule has 0 aromatic rings. The normalized spacial score (nSPS) is 22.3. The summed E-state index contributed by atoms with van der Waals surface area (Å²) < 4.78 is 10.2. The van der Waals surface area contributed by atoms with Crippen molar-refractivity contribution >= 4 is 11.9 Å². The van der Waals surface area contributed by atoms with Crippen molar-refractivity contribution in [1.29, 1.82) is 0 Å². The summed E-state index contributed by atoms with van der Waals surface area (Å²) in [6, 6.07) is 0. The Hall–Kier alpha value is -1.32. The third-order valence-electron chi connectivity index (χ3n) is 2.48. The average molecular weight is 226 g/mol. The SMILES string of the molecule is C=C(C)C(=O)OC1CCCCC(=O)OCC1. The molecule has 0 radical (unpaired) electrons. The molecular weight excluding hydrogens is 208 g/mol. The Morgan fingerprint density at radius 1 is 1.44 bits per heavy atom. The van der Waals surface area contributed by atoms with Gasteiger partial charge in [-0.2, -0.15) is 0 Å². The number of hydrogen-bond donors (Lipinski definition) is 0. The molecule has 4 heteroatoms. The van der Waals surface area contributed by atoms with Gasteiger partial charge in [0.25, 0.3) is 0 Å². The van der Waals surface area contributed by atoms with E-state index in [4.69, 9.17) is 9.47 Å². The molecule has 1 aliphatic heterocycles. The minimum Gasteiger partial charge on any atom is -0.466 e. The maximum atomic E-state index is 11.3. The number of hydrogen-bond acceptors (Lipinski definition) is 4. The number of cyclic esters (lactones) is 1. The lowest BCUT2D eigenvalue weighted by Gasteiger charge is -2.16. The van der Waals surface area contributed by atoms with Crippen molar-refractivity contribution in [3.05, 3.63) is 12.2 Å². The highest BCUT2D eigenvalue weighted by Crippen LogP contribution is 2.15. The Bertz CT molecular complexity index is 283.